The Kier molecular flexibility index (Phi) is 5.65. The van der Waals surface area contributed by atoms with Gasteiger partial charge >= 0.3 is 6.09 Å². The number of likely N-dealkylation sites (tertiary alicyclic amines) is 1. The molecule has 0 bridgehead atoms. The van der Waals surface area contributed by atoms with Gasteiger partial charge in [-0.25, -0.2) is 10.3 Å². The van der Waals surface area contributed by atoms with E-state index in [1.165, 1.54) is 6.08 Å². The number of benzene rings is 1. The van der Waals surface area contributed by atoms with Gasteiger partial charge in [-0.2, -0.15) is 0 Å². The number of anilines is 1. The van der Waals surface area contributed by atoms with Gasteiger partial charge in [0.2, 0.25) is 0 Å². The highest BCUT2D eigenvalue weighted by Gasteiger charge is 2.51. The van der Waals surface area contributed by atoms with E-state index < -0.39 is 11.5 Å². The molecule has 0 unspecified atom stereocenters. The van der Waals surface area contributed by atoms with Gasteiger partial charge in [0.05, 0.1) is 5.54 Å². The number of hydroxylamine groups is 1. The lowest BCUT2D eigenvalue weighted by Crippen LogP contribution is -2.73. The lowest BCUT2D eigenvalue weighted by atomic mass is 9.79. The zero-order valence-electron chi connectivity index (χ0n) is 16.8. The van der Waals surface area contributed by atoms with Crippen molar-refractivity contribution in [2.24, 2.45) is 0 Å². The summed E-state index contributed by atoms with van der Waals surface area (Å²) in [6, 6.07) is 7.79. The van der Waals surface area contributed by atoms with Gasteiger partial charge in [0.25, 0.3) is 5.91 Å². The number of carbonyl (C=O) groups is 2. The summed E-state index contributed by atoms with van der Waals surface area (Å²) >= 11 is 0. The minimum Gasteiger partial charge on any atom is -0.444 e. The molecule has 2 aliphatic heterocycles. The van der Waals surface area contributed by atoms with E-state index >= 15 is 0 Å². The smallest absolute Gasteiger partial charge is 0.410 e. The maximum Gasteiger partial charge on any atom is 0.410 e. The summed E-state index contributed by atoms with van der Waals surface area (Å²) in [5.41, 5.74) is 2.79. The summed E-state index contributed by atoms with van der Waals surface area (Å²) in [6.07, 6.45) is 5.80. The van der Waals surface area contributed by atoms with Crippen LogP contribution in [0, 0.1) is 0 Å². The van der Waals surface area contributed by atoms with Crippen LogP contribution in [0.1, 0.15) is 45.6 Å². The van der Waals surface area contributed by atoms with Gasteiger partial charge in [-0.3, -0.25) is 14.9 Å². The van der Waals surface area contributed by atoms with Crippen molar-refractivity contribution >= 4 is 23.8 Å². The standard InChI is InChI=1S/C21H29N3O4/c1-20(2,3)28-19(26)24-13-7-6-12-21(24)14-23(15-21)17-9-5-4-8-16(17)10-11-18(25)22-27/h4-5,8-11,27H,6-7,12-15H2,1-3H3,(H,22,25)/b11-10+. The zero-order valence-corrected chi connectivity index (χ0v) is 16.8. The number of hydrogen-bond donors (Lipinski definition) is 2. The molecule has 0 aliphatic carbocycles. The molecule has 1 aromatic carbocycles. The van der Waals surface area contributed by atoms with E-state index in [4.69, 9.17) is 9.94 Å². The molecule has 2 N–H and O–H groups in total. The van der Waals surface area contributed by atoms with Crippen LogP contribution in [0.15, 0.2) is 30.3 Å². The van der Waals surface area contributed by atoms with Gasteiger partial charge < -0.3 is 9.64 Å². The average molecular weight is 387 g/mol. The summed E-state index contributed by atoms with van der Waals surface area (Å²) in [6.45, 7) is 7.87. The number of piperidine rings is 1. The Morgan fingerprint density at radius 2 is 1.93 bits per heavy atom. The maximum absolute atomic E-state index is 12.7. The van der Waals surface area contributed by atoms with Crippen LogP contribution in [0.2, 0.25) is 0 Å². The van der Waals surface area contributed by atoms with Gasteiger partial charge in [-0.1, -0.05) is 18.2 Å². The molecule has 2 heterocycles. The molecule has 2 saturated heterocycles. The van der Waals surface area contributed by atoms with E-state index in [1.807, 2.05) is 49.9 Å². The van der Waals surface area contributed by atoms with Crippen molar-refractivity contribution < 1.29 is 19.5 Å². The largest absolute Gasteiger partial charge is 0.444 e. The second kappa shape index (κ2) is 7.83. The average Bonchev–Trinajstić information content (AvgIpc) is 2.63. The first-order chi connectivity index (χ1) is 13.2. The number of nitrogens with zero attached hydrogens (tertiary/aromatic N) is 2. The molecule has 1 spiro atoms. The fourth-order valence-electron chi connectivity index (χ4n) is 3.98. The maximum atomic E-state index is 12.7. The highest BCUT2D eigenvalue weighted by Crippen LogP contribution is 2.40. The van der Waals surface area contributed by atoms with Crippen LogP contribution in [0.3, 0.4) is 0 Å². The lowest BCUT2D eigenvalue weighted by Gasteiger charge is -2.58. The van der Waals surface area contributed by atoms with Crippen molar-refractivity contribution in [2.45, 2.75) is 51.2 Å². The number of para-hydroxylation sites is 1. The third-order valence-electron chi connectivity index (χ3n) is 5.23. The molecule has 2 aliphatic rings. The van der Waals surface area contributed by atoms with Gasteiger partial charge in [0.15, 0.2) is 0 Å². The third-order valence-corrected chi connectivity index (χ3v) is 5.23. The molecule has 28 heavy (non-hydrogen) atoms. The van der Waals surface area contributed by atoms with Gasteiger partial charge in [-0.05, 0) is 57.7 Å². The first kappa shape index (κ1) is 20.2. The summed E-state index contributed by atoms with van der Waals surface area (Å²) in [5, 5.41) is 8.67. The Morgan fingerprint density at radius 1 is 1.21 bits per heavy atom. The van der Waals surface area contributed by atoms with Crippen LogP contribution in [0.4, 0.5) is 10.5 Å². The van der Waals surface area contributed by atoms with Crippen molar-refractivity contribution in [3.63, 3.8) is 0 Å². The predicted octanol–water partition coefficient (Wildman–Crippen LogP) is 3.19. The van der Waals surface area contributed by atoms with E-state index in [1.54, 1.807) is 11.6 Å². The molecular formula is C21H29N3O4. The van der Waals surface area contributed by atoms with E-state index in [9.17, 15) is 9.59 Å². The van der Waals surface area contributed by atoms with Crippen LogP contribution < -0.4 is 10.4 Å². The highest BCUT2D eigenvalue weighted by atomic mass is 16.6. The van der Waals surface area contributed by atoms with Crippen LogP contribution in [-0.4, -0.2) is 52.9 Å². The molecule has 0 atom stereocenters. The van der Waals surface area contributed by atoms with Gasteiger partial charge in [0, 0.05) is 31.4 Å². The fourth-order valence-corrected chi connectivity index (χ4v) is 3.98. The van der Waals surface area contributed by atoms with Crippen molar-refractivity contribution in [1.82, 2.24) is 10.4 Å². The minimum atomic E-state index is -0.571. The first-order valence-corrected chi connectivity index (χ1v) is 9.71. The normalized spacial score (nSPS) is 18.9. The predicted molar refractivity (Wildman–Crippen MR) is 107 cm³/mol. The first-order valence-electron chi connectivity index (χ1n) is 9.71. The summed E-state index contributed by atoms with van der Waals surface area (Å²) in [7, 11) is 0. The topological polar surface area (TPSA) is 82.1 Å². The van der Waals surface area contributed by atoms with Crippen LogP contribution >= 0.6 is 0 Å². The van der Waals surface area contributed by atoms with Crippen molar-refractivity contribution in [3.05, 3.63) is 35.9 Å². The molecule has 0 aromatic heterocycles. The van der Waals surface area contributed by atoms with Crippen LogP contribution in [-0.2, 0) is 9.53 Å². The van der Waals surface area contributed by atoms with Gasteiger partial charge in [0.1, 0.15) is 5.60 Å². The Balaban J connectivity index is 1.75. The molecule has 2 fully saturated rings. The van der Waals surface area contributed by atoms with Crippen molar-refractivity contribution in [3.8, 4) is 0 Å². The second-order valence-electron chi connectivity index (χ2n) is 8.54. The van der Waals surface area contributed by atoms with E-state index in [2.05, 4.69) is 4.90 Å². The second-order valence-corrected chi connectivity index (χ2v) is 8.54. The lowest BCUT2D eigenvalue weighted by molar-refractivity contribution is -0.124. The SMILES string of the molecule is CC(C)(C)OC(=O)N1CCCCC12CN(c1ccccc1/C=C/C(=O)NO)C2. The Labute approximate surface area is 165 Å². The molecule has 3 rings (SSSR count). The summed E-state index contributed by atoms with van der Waals surface area (Å²) < 4.78 is 5.64. The van der Waals surface area contributed by atoms with Gasteiger partial charge in [-0.15, -0.1) is 0 Å². The monoisotopic (exact) mass is 387 g/mol. The van der Waals surface area contributed by atoms with E-state index in [0.29, 0.717) is 0 Å². The molecule has 1 aromatic rings. The molecule has 0 saturated carbocycles. The Morgan fingerprint density at radius 3 is 2.61 bits per heavy atom. The molecule has 0 radical (unpaired) electrons. The summed E-state index contributed by atoms with van der Waals surface area (Å²) in [5.74, 6) is -0.571. The Bertz CT molecular complexity index is 763. The molecular weight excluding hydrogens is 358 g/mol. The summed E-state index contributed by atoms with van der Waals surface area (Å²) in [4.78, 5) is 28.2. The quantitative estimate of drug-likeness (QED) is 0.473. The molecule has 2 amide bonds. The number of ether oxygens (including phenoxy) is 1. The highest BCUT2D eigenvalue weighted by molar-refractivity contribution is 5.92. The molecule has 7 heteroatoms. The van der Waals surface area contributed by atoms with Crippen molar-refractivity contribution in [1.29, 1.82) is 0 Å². The number of amides is 2. The minimum absolute atomic E-state index is 0.195. The molecule has 152 valence electrons. The number of nitrogens with one attached hydrogen (secondary N) is 1. The molecule has 7 nitrogen and oxygen atoms in total. The third kappa shape index (κ3) is 4.30. The van der Waals surface area contributed by atoms with E-state index in [0.717, 1.165) is 50.1 Å². The number of carbonyl (C=O) groups excluding carboxylic acids is 2. The Hall–Kier alpha value is -2.54. The van der Waals surface area contributed by atoms with Crippen LogP contribution in [0.5, 0.6) is 0 Å². The van der Waals surface area contributed by atoms with E-state index in [-0.39, 0.29) is 11.6 Å². The van der Waals surface area contributed by atoms with Crippen LogP contribution in [0.25, 0.3) is 6.08 Å². The fraction of sp³-hybridized carbons (Fsp3) is 0.524. The number of rotatable bonds is 3. The van der Waals surface area contributed by atoms with Crippen molar-refractivity contribution in [2.75, 3.05) is 24.5 Å². The number of hydrogen-bond acceptors (Lipinski definition) is 5. The zero-order chi connectivity index (χ0) is 20.4.